The van der Waals surface area contributed by atoms with E-state index in [1.54, 1.807) is 24.9 Å². The van der Waals surface area contributed by atoms with Crippen LogP contribution in [0, 0.1) is 5.92 Å². The van der Waals surface area contributed by atoms with Crippen molar-refractivity contribution in [1.29, 1.82) is 0 Å². The fourth-order valence-corrected chi connectivity index (χ4v) is 4.54. The van der Waals surface area contributed by atoms with E-state index >= 15 is 0 Å². The van der Waals surface area contributed by atoms with E-state index in [2.05, 4.69) is 28.2 Å². The number of furan rings is 1. The van der Waals surface area contributed by atoms with Crippen LogP contribution in [-0.4, -0.2) is 53.8 Å². The van der Waals surface area contributed by atoms with Crippen LogP contribution in [0.5, 0.6) is 0 Å². The van der Waals surface area contributed by atoms with Gasteiger partial charge in [0.15, 0.2) is 0 Å². The molecule has 0 spiro atoms. The molecule has 0 amide bonds. The van der Waals surface area contributed by atoms with Crippen LogP contribution in [0.4, 0.5) is 0 Å². The van der Waals surface area contributed by atoms with Gasteiger partial charge in [0.2, 0.25) is 0 Å². The summed E-state index contributed by atoms with van der Waals surface area (Å²) in [5.74, 6) is 2.03. The molecule has 1 atom stereocenters. The first-order valence-electron chi connectivity index (χ1n) is 11.1. The minimum Gasteiger partial charge on any atom is -0.459 e. The first-order chi connectivity index (χ1) is 15.6. The summed E-state index contributed by atoms with van der Waals surface area (Å²) in [7, 11) is 3.51. The lowest BCUT2D eigenvalue weighted by atomic mass is 9.96. The smallest absolute Gasteiger partial charge is 0.261 e. The second-order valence-electron chi connectivity index (χ2n) is 8.69. The number of nitrogens with zero attached hydrogens (tertiary/aromatic N) is 3. The monoisotopic (exact) mass is 433 g/mol. The van der Waals surface area contributed by atoms with Gasteiger partial charge in [-0.15, -0.1) is 0 Å². The van der Waals surface area contributed by atoms with Crippen LogP contribution < -0.4 is 10.9 Å². The predicted octanol–water partition coefficient (Wildman–Crippen LogP) is 2.89. The van der Waals surface area contributed by atoms with Crippen molar-refractivity contribution in [3.63, 3.8) is 0 Å². The average molecular weight is 434 g/mol. The second-order valence-corrected chi connectivity index (χ2v) is 8.69. The maximum absolute atomic E-state index is 12.9. The van der Waals surface area contributed by atoms with Crippen molar-refractivity contribution in [2.75, 3.05) is 33.4 Å². The van der Waals surface area contributed by atoms with Gasteiger partial charge in [-0.1, -0.05) is 11.6 Å². The molecule has 7 nitrogen and oxygen atoms in total. The highest BCUT2D eigenvalue weighted by atomic mass is 16.5. The SMILES string of the molecule is COCCC1=C[C]1c1cnccc1-c1cn(C)c(=O)c2cc(CN3CCNC[C@H]3C)oc12. The largest absolute Gasteiger partial charge is 0.459 e. The maximum Gasteiger partial charge on any atom is 0.261 e. The second kappa shape index (κ2) is 8.65. The third kappa shape index (κ3) is 3.92. The van der Waals surface area contributed by atoms with Crippen molar-refractivity contribution in [3.05, 3.63) is 70.0 Å². The van der Waals surface area contributed by atoms with E-state index in [1.807, 2.05) is 24.5 Å². The highest BCUT2D eigenvalue weighted by molar-refractivity contribution is 5.94. The number of rotatable bonds is 7. The molecule has 0 saturated carbocycles. The number of nitrogens with one attached hydrogen (secondary N) is 1. The Kier molecular flexibility index (Phi) is 5.71. The van der Waals surface area contributed by atoms with Gasteiger partial charge in [0.1, 0.15) is 11.3 Å². The normalized spacial score (nSPS) is 19.5. The van der Waals surface area contributed by atoms with E-state index in [1.165, 1.54) is 11.5 Å². The van der Waals surface area contributed by atoms with E-state index in [9.17, 15) is 4.79 Å². The Bertz CT molecular complexity index is 1230. The Balaban J connectivity index is 1.53. The number of piperazine rings is 1. The Morgan fingerprint density at radius 2 is 2.19 bits per heavy atom. The predicted molar refractivity (Wildman–Crippen MR) is 124 cm³/mol. The van der Waals surface area contributed by atoms with Crippen LogP contribution in [0.25, 0.3) is 22.1 Å². The Morgan fingerprint density at radius 1 is 1.31 bits per heavy atom. The van der Waals surface area contributed by atoms with Gasteiger partial charge in [0.25, 0.3) is 5.56 Å². The first kappa shape index (κ1) is 21.1. The average Bonchev–Trinajstić information content (AvgIpc) is 3.45. The summed E-state index contributed by atoms with van der Waals surface area (Å²) in [4.78, 5) is 19.7. The summed E-state index contributed by atoms with van der Waals surface area (Å²) in [6.07, 6.45) is 8.63. The molecule has 0 unspecified atom stereocenters. The number of pyridine rings is 2. The number of methoxy groups -OCH3 is 1. The van der Waals surface area contributed by atoms with Crippen molar-refractivity contribution in [3.8, 4) is 11.1 Å². The molecule has 32 heavy (non-hydrogen) atoms. The molecular formula is C25H29N4O3. The van der Waals surface area contributed by atoms with Gasteiger partial charge in [0.05, 0.1) is 17.8 Å². The zero-order valence-electron chi connectivity index (χ0n) is 18.9. The number of hydrogen-bond acceptors (Lipinski definition) is 6. The molecule has 2 aliphatic rings. The van der Waals surface area contributed by atoms with E-state index in [0.29, 0.717) is 30.2 Å². The highest BCUT2D eigenvalue weighted by Gasteiger charge is 2.30. The molecule has 1 fully saturated rings. The van der Waals surface area contributed by atoms with Crippen LogP contribution >= 0.6 is 0 Å². The van der Waals surface area contributed by atoms with Crippen LogP contribution in [0.3, 0.4) is 0 Å². The number of fused-ring (bicyclic) bond motifs is 1. The summed E-state index contributed by atoms with van der Waals surface area (Å²) in [5.41, 5.74) is 4.90. The molecule has 0 bridgehead atoms. The maximum atomic E-state index is 12.9. The van der Waals surface area contributed by atoms with E-state index < -0.39 is 0 Å². The summed E-state index contributed by atoms with van der Waals surface area (Å²) < 4.78 is 13.2. The number of aryl methyl sites for hydroxylation is 1. The van der Waals surface area contributed by atoms with Crippen molar-refractivity contribution in [1.82, 2.24) is 19.8 Å². The van der Waals surface area contributed by atoms with Gasteiger partial charge < -0.3 is 19.0 Å². The van der Waals surface area contributed by atoms with Gasteiger partial charge in [-0.05, 0) is 36.6 Å². The Labute approximate surface area is 187 Å². The molecular weight excluding hydrogens is 404 g/mol. The fourth-order valence-electron chi connectivity index (χ4n) is 4.54. The summed E-state index contributed by atoms with van der Waals surface area (Å²) >= 11 is 0. The molecule has 3 aromatic rings. The van der Waals surface area contributed by atoms with Crippen LogP contribution in [-0.2, 0) is 18.3 Å². The lowest BCUT2D eigenvalue weighted by molar-refractivity contribution is 0.155. The lowest BCUT2D eigenvalue weighted by Gasteiger charge is -2.33. The molecule has 0 aromatic carbocycles. The summed E-state index contributed by atoms with van der Waals surface area (Å²) in [6, 6.07) is 4.35. The topological polar surface area (TPSA) is 72.5 Å². The van der Waals surface area contributed by atoms with Crippen LogP contribution in [0.1, 0.15) is 24.7 Å². The number of ether oxygens (including phenoxy) is 1. The molecule has 1 radical (unpaired) electrons. The molecule has 1 N–H and O–H groups in total. The minimum absolute atomic E-state index is 0.0410. The molecule has 7 heteroatoms. The number of allylic oxidation sites excluding steroid dienone is 1. The van der Waals surface area contributed by atoms with Crippen molar-refractivity contribution < 1.29 is 9.15 Å². The van der Waals surface area contributed by atoms with E-state index in [4.69, 9.17) is 9.15 Å². The summed E-state index contributed by atoms with van der Waals surface area (Å²) in [6.45, 7) is 6.50. The van der Waals surface area contributed by atoms with Gasteiger partial charge in [-0.3, -0.25) is 14.7 Å². The fraction of sp³-hybridized carbons (Fsp3) is 0.400. The van der Waals surface area contributed by atoms with Crippen molar-refractivity contribution in [2.45, 2.75) is 25.9 Å². The molecule has 167 valence electrons. The van der Waals surface area contributed by atoms with Crippen LogP contribution in [0.2, 0.25) is 0 Å². The molecule has 4 heterocycles. The highest BCUT2D eigenvalue weighted by Crippen LogP contribution is 2.44. The van der Waals surface area contributed by atoms with Gasteiger partial charge in [-0.25, -0.2) is 0 Å². The van der Waals surface area contributed by atoms with Crippen molar-refractivity contribution in [2.24, 2.45) is 7.05 Å². The molecule has 5 rings (SSSR count). The van der Waals surface area contributed by atoms with E-state index in [0.717, 1.165) is 48.5 Å². The van der Waals surface area contributed by atoms with E-state index in [-0.39, 0.29) is 5.56 Å². The number of hydrogen-bond donors (Lipinski definition) is 1. The zero-order chi connectivity index (χ0) is 22.2. The third-order valence-corrected chi connectivity index (χ3v) is 6.46. The summed E-state index contributed by atoms with van der Waals surface area (Å²) in [5, 5.41) is 4.04. The van der Waals surface area contributed by atoms with Gasteiger partial charge in [-0.2, -0.15) is 0 Å². The van der Waals surface area contributed by atoms with Gasteiger partial charge >= 0.3 is 0 Å². The molecule has 1 aliphatic carbocycles. The first-order valence-corrected chi connectivity index (χ1v) is 11.1. The molecule has 1 aliphatic heterocycles. The van der Waals surface area contributed by atoms with Crippen molar-refractivity contribution >= 4 is 11.0 Å². The Morgan fingerprint density at radius 3 is 3.00 bits per heavy atom. The minimum atomic E-state index is -0.0410. The molecule has 3 aromatic heterocycles. The van der Waals surface area contributed by atoms with Crippen LogP contribution in [0.15, 0.2) is 51.6 Å². The van der Waals surface area contributed by atoms with Gasteiger partial charge in [0, 0.05) is 70.6 Å². The zero-order valence-corrected chi connectivity index (χ0v) is 18.9. The Hall–Kier alpha value is -2.74. The lowest BCUT2D eigenvalue weighted by Crippen LogP contribution is -2.49. The number of aromatic nitrogens is 2. The standard InChI is InChI=1S/C25H29N4O3/c1-16-12-27-7-8-29(16)14-18-11-21-24(32-18)23(15-28(2)25(21)30)19-4-6-26-13-22(19)20-10-17(20)5-9-31-3/h4,6,10-11,13,15-16,27H,5,7-9,12,14H2,1-3H3/t16-/m1/s1. The quantitative estimate of drug-likeness (QED) is 0.618. The third-order valence-electron chi connectivity index (χ3n) is 6.46. The molecule has 1 saturated heterocycles.